The summed E-state index contributed by atoms with van der Waals surface area (Å²) >= 11 is 0. The number of hydrogen-bond donors (Lipinski definition) is 2. The maximum absolute atomic E-state index is 10.6. The first-order chi connectivity index (χ1) is 7.31. The van der Waals surface area contributed by atoms with Crippen molar-refractivity contribution in [2.75, 3.05) is 0 Å². The van der Waals surface area contributed by atoms with Gasteiger partial charge in [0.2, 0.25) is 5.91 Å². The Morgan fingerprint density at radius 3 is 2.13 bits per heavy atom. The van der Waals surface area contributed by atoms with E-state index in [0.717, 1.165) is 32.1 Å². The normalized spacial score (nSPS) is 9.60. The summed E-state index contributed by atoms with van der Waals surface area (Å²) in [7, 11) is 0. The van der Waals surface area contributed by atoms with Crippen LogP contribution in [0.4, 0.5) is 0 Å². The number of hydrogen-bond acceptors (Lipinski definition) is 3. The molecule has 0 aliphatic heterocycles. The summed E-state index contributed by atoms with van der Waals surface area (Å²) in [5.74, 6) is -0.302. The molecule has 1 amide bonds. The molecule has 86 valence electrons. The Hall–Kier alpha value is -1.08. The van der Waals surface area contributed by atoms with Crippen molar-refractivity contribution in [3.8, 4) is 6.07 Å². The Kier molecular flexibility index (Phi) is 10.2. The van der Waals surface area contributed by atoms with E-state index in [2.05, 4.69) is 6.07 Å². The summed E-state index contributed by atoms with van der Waals surface area (Å²) in [6.45, 7) is 0. The summed E-state index contributed by atoms with van der Waals surface area (Å²) in [6, 6.07) is 2.13. The zero-order chi connectivity index (χ0) is 11.4. The zero-order valence-electron chi connectivity index (χ0n) is 9.17. The van der Waals surface area contributed by atoms with Crippen molar-refractivity contribution >= 4 is 5.91 Å². The number of unbranched alkanes of at least 4 members (excludes halogenated alkanes) is 7. The summed E-state index contributed by atoms with van der Waals surface area (Å²) < 4.78 is 0. The molecule has 2 N–H and O–H groups in total. The molecular weight excluding hydrogens is 192 g/mol. The van der Waals surface area contributed by atoms with Crippen LogP contribution >= 0.6 is 0 Å². The Bertz CT molecular complexity index is 199. The van der Waals surface area contributed by atoms with Gasteiger partial charge >= 0.3 is 0 Å². The van der Waals surface area contributed by atoms with E-state index in [-0.39, 0.29) is 5.91 Å². The molecule has 0 bridgehead atoms. The lowest BCUT2D eigenvalue weighted by Gasteiger charge is -2.00. The van der Waals surface area contributed by atoms with Crippen LogP contribution in [0.3, 0.4) is 0 Å². The van der Waals surface area contributed by atoms with Gasteiger partial charge < -0.3 is 0 Å². The number of carbonyl (C=O) groups is 1. The Balaban J connectivity index is 2.99. The molecule has 0 unspecified atom stereocenters. The standard InChI is InChI=1S/C11H20N2O2/c12-10-8-6-4-2-1-3-5-7-9-11(14)13-15/h15H,1-9H2,(H,13,14). The molecule has 15 heavy (non-hydrogen) atoms. The predicted octanol–water partition coefficient (Wildman–Crippen LogP) is 2.53. The lowest BCUT2D eigenvalue weighted by atomic mass is 10.1. The predicted molar refractivity (Wildman–Crippen MR) is 57.1 cm³/mol. The largest absolute Gasteiger partial charge is 0.289 e. The van der Waals surface area contributed by atoms with Gasteiger partial charge in [0, 0.05) is 12.8 Å². The average molecular weight is 212 g/mol. The quantitative estimate of drug-likeness (QED) is 0.350. The number of nitriles is 1. The van der Waals surface area contributed by atoms with E-state index in [0.29, 0.717) is 12.8 Å². The van der Waals surface area contributed by atoms with Crippen molar-refractivity contribution < 1.29 is 10.0 Å². The molecule has 0 atom stereocenters. The number of hydroxylamine groups is 1. The van der Waals surface area contributed by atoms with E-state index >= 15 is 0 Å². The second-order valence-electron chi connectivity index (χ2n) is 3.67. The van der Waals surface area contributed by atoms with Gasteiger partial charge in [0.15, 0.2) is 0 Å². The first kappa shape index (κ1) is 13.9. The Morgan fingerprint density at radius 1 is 1.07 bits per heavy atom. The first-order valence-electron chi connectivity index (χ1n) is 5.61. The molecule has 0 aliphatic rings. The molecule has 0 aromatic carbocycles. The molecule has 0 aliphatic carbocycles. The maximum Gasteiger partial charge on any atom is 0.243 e. The maximum atomic E-state index is 10.6. The third kappa shape index (κ3) is 10.8. The number of carbonyl (C=O) groups excluding carboxylic acids is 1. The minimum Gasteiger partial charge on any atom is -0.289 e. The van der Waals surface area contributed by atoms with E-state index in [1.807, 2.05) is 0 Å². The highest BCUT2D eigenvalue weighted by molar-refractivity contribution is 5.74. The van der Waals surface area contributed by atoms with E-state index in [1.54, 1.807) is 5.48 Å². The van der Waals surface area contributed by atoms with Crippen LogP contribution in [-0.2, 0) is 4.79 Å². The van der Waals surface area contributed by atoms with Crippen LogP contribution in [0.15, 0.2) is 0 Å². The number of rotatable bonds is 9. The highest BCUT2D eigenvalue weighted by Crippen LogP contribution is 2.09. The van der Waals surface area contributed by atoms with Crippen LogP contribution in [0.5, 0.6) is 0 Å². The fraction of sp³-hybridized carbons (Fsp3) is 0.818. The molecule has 0 radical (unpaired) electrons. The van der Waals surface area contributed by atoms with Gasteiger partial charge in [0.25, 0.3) is 0 Å². The molecule has 0 saturated heterocycles. The van der Waals surface area contributed by atoms with Crippen molar-refractivity contribution in [2.45, 2.75) is 57.8 Å². The molecular formula is C11H20N2O2. The summed E-state index contributed by atoms with van der Waals surface area (Å²) in [4.78, 5) is 10.6. The molecule has 0 saturated carbocycles. The van der Waals surface area contributed by atoms with E-state index in [9.17, 15) is 4.79 Å². The van der Waals surface area contributed by atoms with Crippen LogP contribution in [-0.4, -0.2) is 11.1 Å². The van der Waals surface area contributed by atoms with E-state index < -0.39 is 0 Å². The van der Waals surface area contributed by atoms with Crippen LogP contribution in [0.2, 0.25) is 0 Å². The fourth-order valence-corrected chi connectivity index (χ4v) is 1.43. The van der Waals surface area contributed by atoms with Gasteiger partial charge in [-0.25, -0.2) is 5.48 Å². The third-order valence-corrected chi connectivity index (χ3v) is 2.32. The van der Waals surface area contributed by atoms with Gasteiger partial charge in [-0.15, -0.1) is 0 Å². The van der Waals surface area contributed by atoms with Crippen LogP contribution < -0.4 is 5.48 Å². The highest BCUT2D eigenvalue weighted by Gasteiger charge is 1.97. The Morgan fingerprint density at radius 2 is 1.60 bits per heavy atom. The first-order valence-corrected chi connectivity index (χ1v) is 5.61. The molecule has 0 rings (SSSR count). The van der Waals surface area contributed by atoms with Crippen molar-refractivity contribution in [3.05, 3.63) is 0 Å². The van der Waals surface area contributed by atoms with Crippen LogP contribution in [0.1, 0.15) is 57.8 Å². The van der Waals surface area contributed by atoms with Crippen molar-refractivity contribution in [3.63, 3.8) is 0 Å². The Labute approximate surface area is 91.2 Å². The van der Waals surface area contributed by atoms with Crippen molar-refractivity contribution in [2.24, 2.45) is 0 Å². The van der Waals surface area contributed by atoms with Gasteiger partial charge in [-0.1, -0.05) is 32.1 Å². The van der Waals surface area contributed by atoms with Gasteiger partial charge in [-0.05, 0) is 12.8 Å². The number of amides is 1. The monoisotopic (exact) mass is 212 g/mol. The third-order valence-electron chi connectivity index (χ3n) is 2.32. The molecule has 4 nitrogen and oxygen atoms in total. The van der Waals surface area contributed by atoms with Crippen LogP contribution in [0.25, 0.3) is 0 Å². The van der Waals surface area contributed by atoms with E-state index in [1.165, 1.54) is 12.8 Å². The highest BCUT2D eigenvalue weighted by atomic mass is 16.5. The summed E-state index contributed by atoms with van der Waals surface area (Å²) in [5, 5.41) is 16.5. The topological polar surface area (TPSA) is 73.1 Å². The van der Waals surface area contributed by atoms with Crippen LogP contribution in [0, 0.1) is 11.3 Å². The van der Waals surface area contributed by atoms with Crippen molar-refractivity contribution in [1.82, 2.24) is 5.48 Å². The van der Waals surface area contributed by atoms with Gasteiger partial charge in [-0.3, -0.25) is 10.0 Å². The van der Waals surface area contributed by atoms with E-state index in [4.69, 9.17) is 10.5 Å². The SMILES string of the molecule is N#CCCCCCCCCCC(=O)NO. The summed E-state index contributed by atoms with van der Waals surface area (Å²) in [6.07, 6.45) is 8.55. The van der Waals surface area contributed by atoms with Gasteiger partial charge in [0.1, 0.15) is 0 Å². The molecule has 0 aromatic heterocycles. The number of nitrogens with one attached hydrogen (secondary N) is 1. The molecule has 4 heteroatoms. The van der Waals surface area contributed by atoms with Gasteiger partial charge in [0.05, 0.1) is 6.07 Å². The second-order valence-corrected chi connectivity index (χ2v) is 3.67. The molecule has 0 aromatic rings. The second kappa shape index (κ2) is 11.0. The minimum absolute atomic E-state index is 0.302. The summed E-state index contributed by atoms with van der Waals surface area (Å²) in [5.41, 5.74) is 1.62. The molecule has 0 fully saturated rings. The van der Waals surface area contributed by atoms with Gasteiger partial charge in [-0.2, -0.15) is 5.26 Å². The molecule has 0 spiro atoms. The lowest BCUT2D eigenvalue weighted by Crippen LogP contribution is -2.17. The zero-order valence-corrected chi connectivity index (χ0v) is 9.17. The molecule has 0 heterocycles. The lowest BCUT2D eigenvalue weighted by molar-refractivity contribution is -0.129. The average Bonchev–Trinajstić information content (AvgIpc) is 2.26. The number of nitrogens with zero attached hydrogens (tertiary/aromatic N) is 1. The van der Waals surface area contributed by atoms with Crippen molar-refractivity contribution in [1.29, 1.82) is 5.26 Å². The minimum atomic E-state index is -0.302. The fourth-order valence-electron chi connectivity index (χ4n) is 1.43. The smallest absolute Gasteiger partial charge is 0.243 e.